The Bertz CT molecular complexity index is 302. The van der Waals surface area contributed by atoms with E-state index in [9.17, 15) is 5.11 Å². The average Bonchev–Trinajstić information content (AvgIpc) is 2.09. The van der Waals surface area contributed by atoms with Crippen molar-refractivity contribution in [1.82, 2.24) is 5.32 Å². The fourth-order valence-electron chi connectivity index (χ4n) is 1.05. The van der Waals surface area contributed by atoms with E-state index in [-0.39, 0.29) is 11.5 Å². The van der Waals surface area contributed by atoms with Gasteiger partial charge in [-0.3, -0.25) is 0 Å². The largest absolute Gasteiger partial charge is 0.504 e. The van der Waals surface area contributed by atoms with E-state index in [0.717, 1.165) is 23.0 Å². The molecule has 0 aliphatic carbocycles. The Morgan fingerprint density at radius 1 is 1.31 bits per heavy atom. The minimum absolute atomic E-state index is 0.0747. The van der Waals surface area contributed by atoms with Gasteiger partial charge in [-0.2, -0.15) is 0 Å². The highest BCUT2D eigenvalue weighted by Crippen LogP contribution is 2.31. The molecular weight excluding hydrogens is 234 g/mol. The van der Waals surface area contributed by atoms with Crippen molar-refractivity contribution in [3.63, 3.8) is 0 Å². The molecule has 0 fully saturated rings. The van der Waals surface area contributed by atoms with Crippen LogP contribution < -0.4 is 5.32 Å². The maximum Gasteiger partial charge on any atom is 0.158 e. The topological polar surface area (TPSA) is 52.5 Å². The van der Waals surface area contributed by atoms with Gasteiger partial charge in [0.05, 0.1) is 0 Å². The number of aromatic hydroxyl groups is 2. The van der Waals surface area contributed by atoms with Gasteiger partial charge in [0.25, 0.3) is 0 Å². The van der Waals surface area contributed by atoms with E-state index in [4.69, 9.17) is 5.11 Å². The lowest BCUT2D eigenvalue weighted by molar-refractivity contribution is 0.402. The lowest BCUT2D eigenvalue weighted by Gasteiger charge is -2.06. The molecule has 3 nitrogen and oxygen atoms in total. The van der Waals surface area contributed by atoms with Crippen LogP contribution in [0.25, 0.3) is 0 Å². The number of likely N-dealkylation sites (N-methyl/N-ethyl adjacent to an activating group) is 1. The van der Waals surface area contributed by atoms with Crippen molar-refractivity contribution in [2.75, 3.05) is 13.6 Å². The Morgan fingerprint density at radius 3 is 2.54 bits per heavy atom. The standard InChI is InChI=1S/C9H12BrNO2/c1-11-3-2-6-4-8(12)9(13)5-7(6)10/h4-5,11-13H,2-3H2,1H3. The monoisotopic (exact) mass is 245 g/mol. The molecule has 0 radical (unpaired) electrons. The molecule has 0 heterocycles. The maximum atomic E-state index is 9.23. The summed E-state index contributed by atoms with van der Waals surface area (Å²) in [4.78, 5) is 0. The van der Waals surface area contributed by atoms with E-state index in [0.29, 0.717) is 0 Å². The summed E-state index contributed by atoms with van der Waals surface area (Å²) in [6.07, 6.45) is 0.810. The number of nitrogens with one attached hydrogen (secondary N) is 1. The number of halogens is 1. The zero-order valence-electron chi connectivity index (χ0n) is 7.34. The predicted molar refractivity (Wildman–Crippen MR) is 55.1 cm³/mol. The van der Waals surface area contributed by atoms with Gasteiger partial charge >= 0.3 is 0 Å². The average molecular weight is 246 g/mol. The van der Waals surface area contributed by atoms with Crippen molar-refractivity contribution in [2.24, 2.45) is 0 Å². The van der Waals surface area contributed by atoms with E-state index in [1.807, 2.05) is 7.05 Å². The smallest absolute Gasteiger partial charge is 0.158 e. The third kappa shape index (κ3) is 2.60. The summed E-state index contributed by atoms with van der Waals surface area (Å²) in [7, 11) is 1.87. The second-order valence-corrected chi connectivity index (χ2v) is 3.64. The van der Waals surface area contributed by atoms with Gasteiger partial charge in [-0.1, -0.05) is 15.9 Å². The fraction of sp³-hybridized carbons (Fsp3) is 0.333. The van der Waals surface area contributed by atoms with Gasteiger partial charge in [0.1, 0.15) is 0 Å². The molecule has 0 bridgehead atoms. The molecule has 0 amide bonds. The van der Waals surface area contributed by atoms with Crippen molar-refractivity contribution >= 4 is 15.9 Å². The highest BCUT2D eigenvalue weighted by Gasteiger charge is 2.05. The van der Waals surface area contributed by atoms with Crippen LogP contribution in [0.15, 0.2) is 16.6 Å². The Balaban J connectivity index is 2.88. The lowest BCUT2D eigenvalue weighted by Crippen LogP contribution is -2.10. The van der Waals surface area contributed by atoms with Crippen LogP contribution in [0.1, 0.15) is 5.56 Å². The van der Waals surface area contributed by atoms with Crippen LogP contribution in [0.4, 0.5) is 0 Å². The summed E-state index contributed by atoms with van der Waals surface area (Å²) < 4.78 is 0.818. The first-order valence-corrected chi connectivity index (χ1v) is 4.79. The SMILES string of the molecule is CNCCc1cc(O)c(O)cc1Br. The Morgan fingerprint density at radius 2 is 1.92 bits per heavy atom. The minimum Gasteiger partial charge on any atom is -0.504 e. The van der Waals surface area contributed by atoms with Crippen LogP contribution in [0.2, 0.25) is 0 Å². The molecule has 0 spiro atoms. The van der Waals surface area contributed by atoms with Crippen LogP contribution in [-0.2, 0) is 6.42 Å². The van der Waals surface area contributed by atoms with E-state index >= 15 is 0 Å². The van der Waals surface area contributed by atoms with E-state index in [1.54, 1.807) is 6.07 Å². The van der Waals surface area contributed by atoms with Crippen molar-refractivity contribution in [2.45, 2.75) is 6.42 Å². The molecule has 0 saturated heterocycles. The molecule has 0 atom stereocenters. The van der Waals surface area contributed by atoms with Gasteiger partial charge in [-0.25, -0.2) is 0 Å². The second kappa shape index (κ2) is 4.48. The van der Waals surface area contributed by atoms with E-state index in [2.05, 4.69) is 21.2 Å². The van der Waals surface area contributed by atoms with E-state index < -0.39 is 0 Å². The van der Waals surface area contributed by atoms with E-state index in [1.165, 1.54) is 6.07 Å². The third-order valence-corrected chi connectivity index (χ3v) is 2.53. The van der Waals surface area contributed by atoms with Gasteiger partial charge in [0.2, 0.25) is 0 Å². The van der Waals surface area contributed by atoms with Gasteiger partial charge in [-0.15, -0.1) is 0 Å². The van der Waals surface area contributed by atoms with Crippen LogP contribution in [-0.4, -0.2) is 23.8 Å². The summed E-state index contributed by atoms with van der Waals surface area (Å²) in [6.45, 7) is 0.836. The molecule has 0 aliphatic rings. The predicted octanol–water partition coefficient (Wildman–Crippen LogP) is 1.62. The minimum atomic E-state index is -0.0971. The Labute approximate surface area is 85.5 Å². The number of hydrogen-bond donors (Lipinski definition) is 3. The van der Waals surface area contributed by atoms with Crippen molar-refractivity contribution in [3.05, 3.63) is 22.2 Å². The molecule has 0 aliphatic heterocycles. The number of phenols is 2. The highest BCUT2D eigenvalue weighted by molar-refractivity contribution is 9.10. The molecule has 3 N–H and O–H groups in total. The van der Waals surface area contributed by atoms with Gasteiger partial charge in [0, 0.05) is 4.47 Å². The fourth-order valence-corrected chi connectivity index (χ4v) is 1.58. The van der Waals surface area contributed by atoms with Crippen molar-refractivity contribution in [1.29, 1.82) is 0 Å². The zero-order chi connectivity index (χ0) is 9.84. The normalized spacial score (nSPS) is 10.3. The van der Waals surface area contributed by atoms with Gasteiger partial charge in [-0.05, 0) is 37.7 Å². The summed E-state index contributed by atoms with van der Waals surface area (Å²) in [6, 6.07) is 3.07. The summed E-state index contributed by atoms with van der Waals surface area (Å²) >= 11 is 3.31. The van der Waals surface area contributed by atoms with Crippen molar-refractivity contribution < 1.29 is 10.2 Å². The zero-order valence-corrected chi connectivity index (χ0v) is 8.93. The molecule has 4 heteroatoms. The molecule has 1 aromatic rings. The molecule has 1 rings (SSSR count). The molecule has 0 saturated carbocycles. The first-order chi connectivity index (χ1) is 6.15. The van der Waals surface area contributed by atoms with Crippen LogP contribution in [0.3, 0.4) is 0 Å². The Kier molecular flexibility index (Phi) is 3.57. The number of benzene rings is 1. The van der Waals surface area contributed by atoms with Crippen LogP contribution in [0.5, 0.6) is 11.5 Å². The molecular formula is C9H12BrNO2. The summed E-state index contributed by atoms with van der Waals surface area (Å²) in [5.41, 5.74) is 0.977. The maximum absolute atomic E-state index is 9.23. The molecule has 0 unspecified atom stereocenters. The molecule has 72 valence electrons. The molecule has 13 heavy (non-hydrogen) atoms. The summed E-state index contributed by atoms with van der Waals surface area (Å²) in [5, 5.41) is 21.4. The number of phenolic OH excluding ortho intramolecular Hbond substituents is 2. The molecule has 1 aromatic carbocycles. The summed E-state index contributed by atoms with van der Waals surface area (Å²) in [5.74, 6) is -0.172. The second-order valence-electron chi connectivity index (χ2n) is 2.79. The number of rotatable bonds is 3. The van der Waals surface area contributed by atoms with Gasteiger partial charge < -0.3 is 15.5 Å². The number of hydrogen-bond acceptors (Lipinski definition) is 3. The quantitative estimate of drug-likeness (QED) is 0.710. The first-order valence-electron chi connectivity index (χ1n) is 4.00. The highest BCUT2D eigenvalue weighted by atomic mass is 79.9. The Hall–Kier alpha value is -0.740. The lowest BCUT2D eigenvalue weighted by atomic mass is 10.1. The van der Waals surface area contributed by atoms with Crippen LogP contribution in [0, 0.1) is 0 Å². The first kappa shape index (κ1) is 10.3. The van der Waals surface area contributed by atoms with Gasteiger partial charge in [0.15, 0.2) is 11.5 Å². The third-order valence-electron chi connectivity index (χ3n) is 1.79. The van der Waals surface area contributed by atoms with Crippen molar-refractivity contribution in [3.8, 4) is 11.5 Å². The van der Waals surface area contributed by atoms with Crippen LogP contribution >= 0.6 is 15.9 Å². The molecule has 0 aromatic heterocycles.